The summed E-state index contributed by atoms with van der Waals surface area (Å²) in [4.78, 5) is 38.1. The molecule has 0 aromatic carbocycles. The smallest absolute Gasteiger partial charge is 0.306 e. The van der Waals surface area contributed by atoms with Crippen molar-refractivity contribution in [3.05, 3.63) is 72.9 Å². The first-order valence-corrected chi connectivity index (χ1v) is 28.0. The van der Waals surface area contributed by atoms with Gasteiger partial charge < -0.3 is 14.2 Å². The quantitative estimate of drug-likeness (QED) is 0.0262. The topological polar surface area (TPSA) is 78.9 Å². The summed E-state index contributed by atoms with van der Waals surface area (Å²) in [5, 5.41) is 0. The maximum absolute atomic E-state index is 12.8. The molecule has 66 heavy (non-hydrogen) atoms. The Kier molecular flexibility index (Phi) is 51.9. The van der Waals surface area contributed by atoms with E-state index in [4.69, 9.17) is 14.2 Å². The van der Waals surface area contributed by atoms with Gasteiger partial charge in [0.05, 0.1) is 0 Å². The van der Waals surface area contributed by atoms with Crippen LogP contribution in [-0.4, -0.2) is 37.2 Å². The Bertz CT molecular complexity index is 1240. The van der Waals surface area contributed by atoms with E-state index in [2.05, 4.69) is 93.7 Å². The highest BCUT2D eigenvalue weighted by atomic mass is 16.6. The molecule has 0 aliphatic rings. The molecule has 0 spiro atoms. The van der Waals surface area contributed by atoms with Crippen LogP contribution in [0.15, 0.2) is 72.9 Å². The molecule has 0 amide bonds. The van der Waals surface area contributed by atoms with Gasteiger partial charge in [0.2, 0.25) is 0 Å². The molecule has 6 heteroatoms. The van der Waals surface area contributed by atoms with Crippen LogP contribution in [0.4, 0.5) is 0 Å². The fourth-order valence-electron chi connectivity index (χ4n) is 7.80. The molecule has 0 N–H and O–H groups in total. The summed E-state index contributed by atoms with van der Waals surface area (Å²) in [5.74, 6) is -0.905. The average molecular weight is 921 g/mol. The van der Waals surface area contributed by atoms with E-state index in [-0.39, 0.29) is 31.1 Å². The second-order valence-electron chi connectivity index (χ2n) is 18.6. The zero-order chi connectivity index (χ0) is 47.9. The van der Waals surface area contributed by atoms with Gasteiger partial charge in [0, 0.05) is 19.3 Å². The van der Waals surface area contributed by atoms with Crippen LogP contribution < -0.4 is 0 Å². The second kappa shape index (κ2) is 54.5. The number of ether oxygens (including phenoxy) is 3. The lowest BCUT2D eigenvalue weighted by Gasteiger charge is -2.18. The van der Waals surface area contributed by atoms with Crippen molar-refractivity contribution >= 4 is 17.9 Å². The zero-order valence-electron chi connectivity index (χ0n) is 43.4. The van der Waals surface area contributed by atoms with Crippen molar-refractivity contribution in [2.75, 3.05) is 13.2 Å². The molecular formula is C60H104O6. The van der Waals surface area contributed by atoms with Crippen LogP contribution in [-0.2, 0) is 28.6 Å². The van der Waals surface area contributed by atoms with Crippen molar-refractivity contribution in [3.8, 4) is 0 Å². The first-order valence-electron chi connectivity index (χ1n) is 28.0. The number of hydrogen-bond donors (Lipinski definition) is 0. The lowest BCUT2D eigenvalue weighted by atomic mass is 10.1. The van der Waals surface area contributed by atoms with E-state index in [1.54, 1.807) is 0 Å². The molecule has 1 atom stereocenters. The van der Waals surface area contributed by atoms with Gasteiger partial charge in [-0.05, 0) is 70.6 Å². The number of rotatable bonds is 50. The van der Waals surface area contributed by atoms with Gasteiger partial charge in [0.1, 0.15) is 13.2 Å². The number of allylic oxidation sites excluding steroid dienone is 12. The van der Waals surface area contributed by atoms with E-state index >= 15 is 0 Å². The number of esters is 3. The molecule has 6 nitrogen and oxygen atoms in total. The maximum Gasteiger partial charge on any atom is 0.306 e. The molecule has 0 aromatic rings. The highest BCUT2D eigenvalue weighted by molar-refractivity contribution is 5.71. The minimum Gasteiger partial charge on any atom is -0.462 e. The predicted octanol–water partition coefficient (Wildman–Crippen LogP) is 18.6. The van der Waals surface area contributed by atoms with Crippen LogP contribution in [0.2, 0.25) is 0 Å². The van der Waals surface area contributed by atoms with Crippen LogP contribution in [0.5, 0.6) is 0 Å². The Morgan fingerprint density at radius 2 is 0.545 bits per heavy atom. The van der Waals surface area contributed by atoms with Crippen LogP contribution >= 0.6 is 0 Å². The summed E-state index contributed by atoms with van der Waals surface area (Å²) >= 11 is 0. The molecule has 0 radical (unpaired) electrons. The third-order valence-electron chi connectivity index (χ3n) is 12.1. The van der Waals surface area contributed by atoms with Crippen molar-refractivity contribution in [2.24, 2.45) is 0 Å². The zero-order valence-corrected chi connectivity index (χ0v) is 43.4. The van der Waals surface area contributed by atoms with Crippen LogP contribution in [0.25, 0.3) is 0 Å². The summed E-state index contributed by atoms with van der Waals surface area (Å²) < 4.78 is 16.8. The molecule has 380 valence electrons. The molecule has 0 aromatic heterocycles. The molecular weight excluding hydrogens is 817 g/mol. The fourth-order valence-corrected chi connectivity index (χ4v) is 7.80. The van der Waals surface area contributed by atoms with Gasteiger partial charge in [0.25, 0.3) is 0 Å². The number of carbonyl (C=O) groups is 3. The Hall–Kier alpha value is -3.15. The summed E-state index contributed by atoms with van der Waals surface area (Å²) in [5.41, 5.74) is 0. The maximum atomic E-state index is 12.8. The summed E-state index contributed by atoms with van der Waals surface area (Å²) in [7, 11) is 0. The lowest BCUT2D eigenvalue weighted by molar-refractivity contribution is -0.167. The largest absolute Gasteiger partial charge is 0.462 e. The van der Waals surface area contributed by atoms with E-state index in [9.17, 15) is 14.4 Å². The van der Waals surface area contributed by atoms with Gasteiger partial charge in [-0.1, -0.05) is 254 Å². The molecule has 0 aliphatic heterocycles. The number of unbranched alkanes of at least 4 members (excludes halogenated alkanes) is 31. The van der Waals surface area contributed by atoms with E-state index < -0.39 is 6.10 Å². The molecule has 0 bridgehead atoms. The number of hydrogen-bond acceptors (Lipinski definition) is 6. The van der Waals surface area contributed by atoms with Crippen LogP contribution in [0.1, 0.15) is 271 Å². The van der Waals surface area contributed by atoms with Gasteiger partial charge in [-0.3, -0.25) is 14.4 Å². The van der Waals surface area contributed by atoms with Crippen LogP contribution in [0.3, 0.4) is 0 Å². The average Bonchev–Trinajstić information content (AvgIpc) is 3.31. The van der Waals surface area contributed by atoms with Crippen molar-refractivity contribution in [3.63, 3.8) is 0 Å². The highest BCUT2D eigenvalue weighted by Crippen LogP contribution is 2.15. The third-order valence-corrected chi connectivity index (χ3v) is 12.1. The Labute approximate surface area is 408 Å². The predicted molar refractivity (Wildman–Crippen MR) is 284 cm³/mol. The molecule has 0 heterocycles. The standard InChI is InChI=1S/C60H104O6/c1-4-7-10-13-16-19-22-24-26-28-30-32-33-35-38-41-44-47-50-53-59(62)65-56-57(55-64-58(61)52-49-46-43-40-37-21-18-15-12-9-6-3)66-60(63)54-51-48-45-42-39-36-34-31-29-27-25-23-20-17-14-11-8-5-2/h16-17,19-20,22-25,27,29,31,34,57H,4-15,18,21,26,28,30,32-33,35-56H2,1-3H3/b19-16-,20-17-,24-22-,25-23-,29-27-,34-31-. The van der Waals surface area contributed by atoms with Crippen molar-refractivity contribution < 1.29 is 28.6 Å². The van der Waals surface area contributed by atoms with Gasteiger partial charge in [-0.25, -0.2) is 0 Å². The Balaban J connectivity index is 4.39. The molecule has 0 fully saturated rings. The van der Waals surface area contributed by atoms with Gasteiger partial charge >= 0.3 is 17.9 Å². The lowest BCUT2D eigenvalue weighted by Crippen LogP contribution is -2.30. The van der Waals surface area contributed by atoms with E-state index in [0.29, 0.717) is 19.3 Å². The Morgan fingerprint density at radius 1 is 0.303 bits per heavy atom. The van der Waals surface area contributed by atoms with Crippen molar-refractivity contribution in [2.45, 2.75) is 277 Å². The fraction of sp³-hybridized carbons (Fsp3) is 0.750. The first-order chi connectivity index (χ1) is 32.5. The molecule has 0 aliphatic carbocycles. The summed E-state index contributed by atoms with van der Waals surface area (Å²) in [6.45, 7) is 6.56. The normalized spacial score (nSPS) is 12.6. The minimum atomic E-state index is -0.787. The molecule has 0 rings (SSSR count). The van der Waals surface area contributed by atoms with E-state index in [1.807, 2.05) is 0 Å². The summed E-state index contributed by atoms with van der Waals surface area (Å²) in [6.07, 6.45) is 68.8. The van der Waals surface area contributed by atoms with Gasteiger partial charge in [-0.2, -0.15) is 0 Å². The molecule has 0 saturated heterocycles. The van der Waals surface area contributed by atoms with Crippen LogP contribution in [0, 0.1) is 0 Å². The third kappa shape index (κ3) is 51.8. The van der Waals surface area contributed by atoms with Gasteiger partial charge in [0.15, 0.2) is 6.10 Å². The minimum absolute atomic E-state index is 0.0844. The number of carbonyl (C=O) groups excluding carboxylic acids is 3. The first kappa shape index (κ1) is 62.8. The second-order valence-corrected chi connectivity index (χ2v) is 18.6. The monoisotopic (exact) mass is 921 g/mol. The molecule has 0 saturated carbocycles. The SMILES string of the molecule is CCCCC\C=C/C=C\C=C/C=C\CCCCCCCC(=O)OC(COC(=O)CCCCCCCCCCCCC)COC(=O)CCCCCCCCCCCC/C=C\C=C/CCCCC. The van der Waals surface area contributed by atoms with Gasteiger partial charge in [-0.15, -0.1) is 0 Å². The van der Waals surface area contributed by atoms with Crippen molar-refractivity contribution in [1.82, 2.24) is 0 Å². The molecule has 1 unspecified atom stereocenters. The Morgan fingerprint density at radius 3 is 0.894 bits per heavy atom. The highest BCUT2D eigenvalue weighted by Gasteiger charge is 2.19. The van der Waals surface area contributed by atoms with Crippen molar-refractivity contribution in [1.29, 1.82) is 0 Å². The summed E-state index contributed by atoms with van der Waals surface area (Å²) in [6, 6.07) is 0. The van der Waals surface area contributed by atoms with E-state index in [0.717, 1.165) is 83.5 Å². The van der Waals surface area contributed by atoms with E-state index in [1.165, 1.54) is 148 Å².